The molecule has 2 nitrogen and oxygen atoms in total. The number of fused-ring (bicyclic) bond motifs is 1. The van der Waals surface area contributed by atoms with Crippen molar-refractivity contribution in [2.45, 2.75) is 6.92 Å². The lowest BCUT2D eigenvalue weighted by Crippen LogP contribution is -1.77. The fraction of sp³-hybridized carbons (Fsp3) is 0.100. The molecular weight excluding hydrogens is 182 g/mol. The van der Waals surface area contributed by atoms with Crippen molar-refractivity contribution in [1.29, 1.82) is 5.26 Å². The lowest BCUT2D eigenvalue weighted by molar-refractivity contribution is 0.491. The standard InChI is InChI=1S/C10H7NOS/c1-6-2-3-7(5-11)8-4-9(12)13-10(6)8/h2-4,12H,1H3. The molecule has 1 N–H and O–H groups in total. The fourth-order valence-electron chi connectivity index (χ4n) is 1.34. The molecule has 3 heteroatoms. The third kappa shape index (κ3) is 1.16. The van der Waals surface area contributed by atoms with Gasteiger partial charge in [-0.15, -0.1) is 0 Å². The number of hydrogen-bond donors (Lipinski definition) is 1. The van der Waals surface area contributed by atoms with Crippen LogP contribution in [0, 0.1) is 18.3 Å². The van der Waals surface area contributed by atoms with Gasteiger partial charge in [0.05, 0.1) is 11.6 Å². The lowest BCUT2D eigenvalue weighted by Gasteiger charge is -1.95. The highest BCUT2D eigenvalue weighted by Gasteiger charge is 2.07. The van der Waals surface area contributed by atoms with E-state index in [-0.39, 0.29) is 5.06 Å². The zero-order valence-electron chi connectivity index (χ0n) is 7.03. The third-order valence-corrected chi connectivity index (χ3v) is 3.06. The molecule has 2 aromatic rings. The van der Waals surface area contributed by atoms with E-state index in [9.17, 15) is 5.11 Å². The topological polar surface area (TPSA) is 44.0 Å². The molecule has 0 radical (unpaired) electrons. The highest BCUT2D eigenvalue weighted by Crippen LogP contribution is 2.34. The Morgan fingerprint density at radius 2 is 2.23 bits per heavy atom. The van der Waals surface area contributed by atoms with Gasteiger partial charge in [0.1, 0.15) is 0 Å². The van der Waals surface area contributed by atoms with Crippen LogP contribution in [0.15, 0.2) is 18.2 Å². The molecule has 0 bridgehead atoms. The van der Waals surface area contributed by atoms with Crippen LogP contribution in [0.5, 0.6) is 5.06 Å². The van der Waals surface area contributed by atoms with Gasteiger partial charge >= 0.3 is 0 Å². The third-order valence-electron chi connectivity index (χ3n) is 1.99. The number of hydrogen-bond acceptors (Lipinski definition) is 3. The summed E-state index contributed by atoms with van der Waals surface area (Å²) in [5.41, 5.74) is 1.72. The van der Waals surface area contributed by atoms with Gasteiger partial charge in [-0.25, -0.2) is 0 Å². The number of nitriles is 1. The van der Waals surface area contributed by atoms with Crippen LogP contribution in [0.4, 0.5) is 0 Å². The zero-order valence-corrected chi connectivity index (χ0v) is 7.85. The molecule has 0 fully saturated rings. The van der Waals surface area contributed by atoms with Crippen LogP contribution < -0.4 is 0 Å². The van der Waals surface area contributed by atoms with E-state index in [4.69, 9.17) is 5.26 Å². The Morgan fingerprint density at radius 1 is 1.46 bits per heavy atom. The Kier molecular flexibility index (Phi) is 1.71. The summed E-state index contributed by atoms with van der Waals surface area (Å²) in [6.45, 7) is 1.97. The Morgan fingerprint density at radius 3 is 2.92 bits per heavy atom. The minimum absolute atomic E-state index is 0.265. The molecule has 0 aliphatic rings. The van der Waals surface area contributed by atoms with Crippen LogP contribution in [0.25, 0.3) is 10.1 Å². The van der Waals surface area contributed by atoms with Gasteiger partial charge in [0, 0.05) is 16.2 Å². The maximum atomic E-state index is 9.31. The molecule has 0 spiro atoms. The van der Waals surface area contributed by atoms with Crippen molar-refractivity contribution in [2.24, 2.45) is 0 Å². The molecule has 2 rings (SSSR count). The fourth-order valence-corrected chi connectivity index (χ4v) is 2.24. The summed E-state index contributed by atoms with van der Waals surface area (Å²) in [4.78, 5) is 0. The van der Waals surface area contributed by atoms with Crippen LogP contribution in [-0.2, 0) is 0 Å². The molecule has 1 heterocycles. The largest absolute Gasteiger partial charge is 0.499 e. The summed E-state index contributed by atoms with van der Waals surface area (Å²) in [5, 5.41) is 19.2. The van der Waals surface area contributed by atoms with E-state index in [2.05, 4.69) is 6.07 Å². The summed E-state index contributed by atoms with van der Waals surface area (Å²) in [6.07, 6.45) is 0. The second-order valence-corrected chi connectivity index (χ2v) is 3.90. The van der Waals surface area contributed by atoms with Crippen LogP contribution in [0.2, 0.25) is 0 Å². The molecule has 0 saturated carbocycles. The van der Waals surface area contributed by atoms with E-state index in [0.29, 0.717) is 5.56 Å². The van der Waals surface area contributed by atoms with Crippen molar-refractivity contribution in [1.82, 2.24) is 0 Å². The quantitative estimate of drug-likeness (QED) is 0.692. The van der Waals surface area contributed by atoms with Crippen LogP contribution in [-0.4, -0.2) is 5.11 Å². The minimum atomic E-state index is 0.265. The molecule has 0 aliphatic heterocycles. The number of rotatable bonds is 0. The zero-order chi connectivity index (χ0) is 9.42. The van der Waals surface area contributed by atoms with Gasteiger partial charge in [-0.05, 0) is 18.6 Å². The van der Waals surface area contributed by atoms with Gasteiger partial charge in [-0.1, -0.05) is 17.4 Å². The molecule has 0 atom stereocenters. The van der Waals surface area contributed by atoms with E-state index in [1.165, 1.54) is 11.3 Å². The number of aryl methyl sites for hydroxylation is 1. The summed E-state index contributed by atoms with van der Waals surface area (Å²) in [5.74, 6) is 0. The molecule has 13 heavy (non-hydrogen) atoms. The molecule has 1 aromatic heterocycles. The first-order valence-corrected chi connectivity index (χ1v) is 4.66. The number of thiophene rings is 1. The molecule has 0 unspecified atom stereocenters. The van der Waals surface area contributed by atoms with Gasteiger partial charge in [0.15, 0.2) is 5.06 Å². The molecule has 0 amide bonds. The van der Waals surface area contributed by atoms with E-state index in [0.717, 1.165) is 15.6 Å². The summed E-state index contributed by atoms with van der Waals surface area (Å²) in [7, 11) is 0. The molecule has 1 aromatic carbocycles. The maximum absolute atomic E-state index is 9.31. The van der Waals surface area contributed by atoms with Crippen LogP contribution >= 0.6 is 11.3 Å². The predicted octanol–water partition coefficient (Wildman–Crippen LogP) is 2.79. The van der Waals surface area contributed by atoms with Crippen LogP contribution in [0.3, 0.4) is 0 Å². The normalized spacial score (nSPS) is 10.2. The highest BCUT2D eigenvalue weighted by atomic mass is 32.1. The number of aromatic hydroxyl groups is 1. The van der Waals surface area contributed by atoms with E-state index in [1.54, 1.807) is 12.1 Å². The average molecular weight is 189 g/mol. The number of nitrogens with zero attached hydrogens (tertiary/aromatic N) is 1. The van der Waals surface area contributed by atoms with Gasteiger partial charge in [0.2, 0.25) is 0 Å². The summed E-state index contributed by atoms with van der Waals surface area (Å²) >= 11 is 1.31. The Hall–Kier alpha value is -1.53. The van der Waals surface area contributed by atoms with E-state index >= 15 is 0 Å². The monoisotopic (exact) mass is 189 g/mol. The first-order chi connectivity index (χ1) is 6.22. The smallest absolute Gasteiger partial charge is 0.172 e. The average Bonchev–Trinajstić information content (AvgIpc) is 2.48. The Balaban J connectivity index is 2.94. The van der Waals surface area contributed by atoms with Crippen LogP contribution in [0.1, 0.15) is 11.1 Å². The van der Waals surface area contributed by atoms with Gasteiger partial charge in [-0.2, -0.15) is 5.26 Å². The van der Waals surface area contributed by atoms with Gasteiger partial charge < -0.3 is 5.11 Å². The summed E-state index contributed by atoms with van der Waals surface area (Å²) < 4.78 is 0.997. The van der Waals surface area contributed by atoms with Crippen molar-refractivity contribution in [3.8, 4) is 11.1 Å². The second kappa shape index (κ2) is 2.75. The lowest BCUT2D eigenvalue weighted by atomic mass is 10.1. The highest BCUT2D eigenvalue weighted by molar-refractivity contribution is 7.20. The summed E-state index contributed by atoms with van der Waals surface area (Å²) in [6, 6.07) is 7.43. The van der Waals surface area contributed by atoms with Crippen molar-refractivity contribution >= 4 is 21.4 Å². The molecule has 64 valence electrons. The van der Waals surface area contributed by atoms with Gasteiger partial charge in [-0.3, -0.25) is 0 Å². The second-order valence-electron chi connectivity index (χ2n) is 2.87. The molecule has 0 aliphatic carbocycles. The SMILES string of the molecule is Cc1ccc(C#N)c2cc(O)sc12. The first kappa shape index (κ1) is 8.09. The first-order valence-electron chi connectivity index (χ1n) is 3.84. The minimum Gasteiger partial charge on any atom is -0.499 e. The Bertz CT molecular complexity index is 507. The van der Waals surface area contributed by atoms with Crippen molar-refractivity contribution in [2.75, 3.05) is 0 Å². The maximum Gasteiger partial charge on any atom is 0.172 e. The Labute approximate surface area is 79.7 Å². The van der Waals surface area contributed by atoms with E-state index in [1.807, 2.05) is 13.0 Å². The van der Waals surface area contributed by atoms with Crippen molar-refractivity contribution < 1.29 is 5.11 Å². The molecule has 0 saturated heterocycles. The number of benzene rings is 1. The predicted molar refractivity (Wildman–Crippen MR) is 52.9 cm³/mol. The van der Waals surface area contributed by atoms with Gasteiger partial charge in [0.25, 0.3) is 0 Å². The van der Waals surface area contributed by atoms with E-state index < -0.39 is 0 Å². The molecular formula is C10H7NOS. The van der Waals surface area contributed by atoms with Crippen molar-refractivity contribution in [3.63, 3.8) is 0 Å². The van der Waals surface area contributed by atoms with Crippen molar-refractivity contribution in [3.05, 3.63) is 29.3 Å².